The molecule has 0 amide bonds. The van der Waals surface area contributed by atoms with Crippen molar-refractivity contribution in [2.45, 2.75) is 30.3 Å². The fraction of sp³-hybridized carbons (Fsp3) is 0.636. The van der Waals surface area contributed by atoms with Gasteiger partial charge in [-0.2, -0.15) is 9.40 Å². The molecule has 0 aromatic carbocycles. The summed E-state index contributed by atoms with van der Waals surface area (Å²) >= 11 is 0. The Labute approximate surface area is 117 Å². The van der Waals surface area contributed by atoms with Gasteiger partial charge in [0.05, 0.1) is 6.20 Å². The third-order valence-electron chi connectivity index (χ3n) is 3.41. The van der Waals surface area contributed by atoms with Crippen molar-refractivity contribution in [3.63, 3.8) is 0 Å². The first kappa shape index (κ1) is 14.9. The number of carbonyl (C=O) groups is 1. The van der Waals surface area contributed by atoms with Gasteiger partial charge >= 0.3 is 5.97 Å². The number of nitrogens with one attached hydrogen (secondary N) is 1. The van der Waals surface area contributed by atoms with Gasteiger partial charge in [0.1, 0.15) is 11.4 Å². The Hall–Kier alpha value is -1.45. The number of sulfonamides is 1. The van der Waals surface area contributed by atoms with Crippen LogP contribution in [0, 0.1) is 0 Å². The van der Waals surface area contributed by atoms with E-state index in [2.05, 4.69) is 10.4 Å². The van der Waals surface area contributed by atoms with Crippen molar-refractivity contribution >= 4 is 16.0 Å². The number of rotatable bonds is 5. The molecular formula is C11H18N4O4S. The zero-order valence-electron chi connectivity index (χ0n) is 11.2. The molecule has 2 N–H and O–H groups in total. The van der Waals surface area contributed by atoms with Crippen LogP contribution in [-0.4, -0.2) is 59.8 Å². The molecule has 0 spiro atoms. The van der Waals surface area contributed by atoms with Crippen molar-refractivity contribution in [1.29, 1.82) is 0 Å². The fourth-order valence-corrected chi connectivity index (χ4v) is 3.61. The van der Waals surface area contributed by atoms with Crippen LogP contribution < -0.4 is 5.32 Å². The van der Waals surface area contributed by atoms with Crippen LogP contribution in [0.1, 0.15) is 12.8 Å². The summed E-state index contributed by atoms with van der Waals surface area (Å²) in [5, 5.41) is 15.6. The van der Waals surface area contributed by atoms with E-state index < -0.39 is 16.0 Å². The summed E-state index contributed by atoms with van der Waals surface area (Å²) in [5.74, 6) is -1.07. The van der Waals surface area contributed by atoms with Gasteiger partial charge < -0.3 is 10.4 Å². The zero-order chi connectivity index (χ0) is 14.8. The van der Waals surface area contributed by atoms with Gasteiger partial charge in [0.15, 0.2) is 0 Å². The Bertz CT molecular complexity index is 577. The monoisotopic (exact) mass is 302 g/mol. The first-order chi connectivity index (χ1) is 9.41. The molecule has 1 aliphatic heterocycles. The van der Waals surface area contributed by atoms with Crippen molar-refractivity contribution in [3.8, 4) is 0 Å². The van der Waals surface area contributed by atoms with Crippen LogP contribution >= 0.6 is 0 Å². The lowest BCUT2D eigenvalue weighted by Crippen LogP contribution is -2.43. The molecule has 2 heterocycles. The van der Waals surface area contributed by atoms with E-state index in [1.807, 2.05) is 0 Å². The Kier molecular flexibility index (Phi) is 4.41. The lowest BCUT2D eigenvalue weighted by Gasteiger charge is -2.30. The Balaban J connectivity index is 2.16. The topological polar surface area (TPSA) is 105 Å². The first-order valence-electron chi connectivity index (χ1n) is 6.34. The third-order valence-corrected chi connectivity index (χ3v) is 5.27. The van der Waals surface area contributed by atoms with Crippen molar-refractivity contribution in [2.24, 2.45) is 0 Å². The normalized spacial score (nSPS) is 17.5. The summed E-state index contributed by atoms with van der Waals surface area (Å²) in [6.45, 7) is 1.23. The number of carboxylic acid groups (broad SMARTS) is 1. The summed E-state index contributed by atoms with van der Waals surface area (Å²) in [5.41, 5.74) is 0. The number of hydrogen-bond acceptors (Lipinski definition) is 5. The smallest absolute Gasteiger partial charge is 0.325 e. The Morgan fingerprint density at radius 1 is 1.55 bits per heavy atom. The molecule has 2 rings (SSSR count). The molecule has 1 aliphatic rings. The molecular weight excluding hydrogens is 284 g/mol. The van der Waals surface area contributed by atoms with Gasteiger partial charge in [-0.1, -0.05) is 0 Å². The quantitative estimate of drug-likeness (QED) is 0.748. The van der Waals surface area contributed by atoms with E-state index >= 15 is 0 Å². The molecule has 0 saturated carbocycles. The van der Waals surface area contributed by atoms with Crippen molar-refractivity contribution in [2.75, 3.05) is 20.1 Å². The molecule has 1 fully saturated rings. The fourth-order valence-electron chi connectivity index (χ4n) is 2.24. The van der Waals surface area contributed by atoms with E-state index in [-0.39, 0.29) is 17.5 Å². The van der Waals surface area contributed by atoms with Crippen LogP contribution in [0.2, 0.25) is 0 Å². The second-order valence-electron chi connectivity index (χ2n) is 4.77. The van der Waals surface area contributed by atoms with Crippen LogP contribution in [0.3, 0.4) is 0 Å². The highest BCUT2D eigenvalue weighted by Gasteiger charge is 2.30. The van der Waals surface area contributed by atoms with Gasteiger partial charge in [-0.3, -0.25) is 9.48 Å². The van der Waals surface area contributed by atoms with Crippen molar-refractivity contribution in [1.82, 2.24) is 19.4 Å². The third kappa shape index (κ3) is 3.17. The molecule has 8 nitrogen and oxygen atoms in total. The van der Waals surface area contributed by atoms with Gasteiger partial charge in [-0.25, -0.2) is 8.42 Å². The molecule has 0 atom stereocenters. The van der Waals surface area contributed by atoms with Crippen LogP contribution in [0.15, 0.2) is 17.3 Å². The van der Waals surface area contributed by atoms with Gasteiger partial charge in [0, 0.05) is 19.3 Å². The average Bonchev–Trinajstić information content (AvgIpc) is 2.87. The van der Waals surface area contributed by atoms with Crippen LogP contribution in [0.5, 0.6) is 0 Å². The summed E-state index contributed by atoms with van der Waals surface area (Å²) in [4.78, 5) is 10.6. The maximum absolute atomic E-state index is 12.4. The van der Waals surface area contributed by atoms with E-state index in [1.165, 1.54) is 16.7 Å². The number of aliphatic carboxylic acids is 1. The van der Waals surface area contributed by atoms with Gasteiger partial charge in [-0.05, 0) is 25.9 Å². The first-order valence-corrected chi connectivity index (χ1v) is 7.78. The highest BCUT2D eigenvalue weighted by atomic mass is 32.2. The minimum absolute atomic E-state index is 0.0276. The minimum atomic E-state index is -3.62. The maximum atomic E-state index is 12.4. The predicted octanol–water partition coefficient (Wildman–Crippen LogP) is -0.660. The number of hydrogen-bond donors (Lipinski definition) is 2. The summed E-state index contributed by atoms with van der Waals surface area (Å²) < 4.78 is 27.3. The van der Waals surface area contributed by atoms with E-state index in [0.29, 0.717) is 0 Å². The Morgan fingerprint density at radius 3 is 2.80 bits per heavy atom. The second-order valence-corrected chi connectivity index (χ2v) is 6.77. The highest BCUT2D eigenvalue weighted by Crippen LogP contribution is 2.20. The highest BCUT2D eigenvalue weighted by molar-refractivity contribution is 7.89. The molecule has 1 aromatic rings. The van der Waals surface area contributed by atoms with Gasteiger partial charge in [0.25, 0.3) is 0 Å². The number of aromatic nitrogens is 2. The Morgan fingerprint density at radius 2 is 2.20 bits per heavy atom. The van der Waals surface area contributed by atoms with Crippen LogP contribution in [0.4, 0.5) is 0 Å². The standard InChI is InChI=1S/C11H18N4O4S/c1-14(9-2-4-12-5-3-9)20(18,19)10-6-13-15(7-10)8-11(16)17/h6-7,9,12H,2-5,8H2,1H3,(H,16,17). The van der Waals surface area contributed by atoms with E-state index in [0.717, 1.165) is 30.6 Å². The summed E-state index contributed by atoms with van der Waals surface area (Å²) in [6, 6.07) is -0.0379. The molecule has 112 valence electrons. The van der Waals surface area contributed by atoms with E-state index in [1.54, 1.807) is 7.05 Å². The molecule has 20 heavy (non-hydrogen) atoms. The van der Waals surface area contributed by atoms with Crippen LogP contribution in [-0.2, 0) is 21.4 Å². The summed E-state index contributed by atoms with van der Waals surface area (Å²) in [7, 11) is -2.07. The van der Waals surface area contributed by atoms with E-state index in [9.17, 15) is 13.2 Å². The summed E-state index contributed by atoms with van der Waals surface area (Å²) in [6.07, 6.45) is 3.97. The molecule has 0 unspecified atom stereocenters. The van der Waals surface area contributed by atoms with Crippen molar-refractivity contribution < 1.29 is 18.3 Å². The second kappa shape index (κ2) is 5.90. The lowest BCUT2D eigenvalue weighted by atomic mass is 10.1. The van der Waals surface area contributed by atoms with Gasteiger partial charge in [0.2, 0.25) is 10.0 Å². The van der Waals surface area contributed by atoms with Gasteiger partial charge in [-0.15, -0.1) is 0 Å². The molecule has 0 radical (unpaired) electrons. The minimum Gasteiger partial charge on any atom is -0.480 e. The predicted molar refractivity (Wildman–Crippen MR) is 70.7 cm³/mol. The molecule has 0 aliphatic carbocycles. The van der Waals surface area contributed by atoms with Crippen LogP contribution in [0.25, 0.3) is 0 Å². The average molecular weight is 302 g/mol. The number of nitrogens with zero attached hydrogens (tertiary/aromatic N) is 3. The van der Waals surface area contributed by atoms with E-state index in [4.69, 9.17) is 5.11 Å². The molecule has 0 bridgehead atoms. The SMILES string of the molecule is CN(C1CCNCC1)S(=O)(=O)c1cnn(CC(=O)O)c1. The molecule has 1 saturated heterocycles. The lowest BCUT2D eigenvalue weighted by molar-refractivity contribution is -0.137. The maximum Gasteiger partial charge on any atom is 0.325 e. The largest absolute Gasteiger partial charge is 0.480 e. The molecule has 9 heteroatoms. The number of carboxylic acids is 1. The number of piperidine rings is 1. The zero-order valence-corrected chi connectivity index (χ0v) is 12.0. The molecule has 1 aromatic heterocycles. The van der Waals surface area contributed by atoms with Crippen molar-refractivity contribution in [3.05, 3.63) is 12.4 Å².